The van der Waals surface area contributed by atoms with Gasteiger partial charge in [0.25, 0.3) is 0 Å². The van der Waals surface area contributed by atoms with Crippen LogP contribution in [0.1, 0.15) is 5.56 Å². The van der Waals surface area contributed by atoms with E-state index in [9.17, 15) is 0 Å². The Morgan fingerprint density at radius 3 is 2.41 bits per heavy atom. The van der Waals surface area contributed by atoms with Gasteiger partial charge in [-0.1, -0.05) is 36.4 Å². The summed E-state index contributed by atoms with van der Waals surface area (Å²) in [6.07, 6.45) is 4.00. The summed E-state index contributed by atoms with van der Waals surface area (Å²) < 4.78 is 1.97. The fourth-order valence-corrected chi connectivity index (χ4v) is 1.97. The molecule has 3 rings (SSSR count). The number of rotatable bonds is 3. The molecule has 0 radical (unpaired) electrons. The first-order valence-corrected chi connectivity index (χ1v) is 5.76. The van der Waals surface area contributed by atoms with Crippen molar-refractivity contribution in [3.05, 3.63) is 72.6 Å². The van der Waals surface area contributed by atoms with E-state index in [-0.39, 0.29) is 0 Å². The Balaban J connectivity index is 1.81. The van der Waals surface area contributed by atoms with E-state index in [1.54, 1.807) is 0 Å². The molecule has 0 aliphatic heterocycles. The summed E-state index contributed by atoms with van der Waals surface area (Å²) >= 11 is 0. The van der Waals surface area contributed by atoms with E-state index >= 15 is 0 Å². The maximum Gasteiger partial charge on any atom is 0.0564 e. The molecule has 0 unspecified atom stereocenters. The first kappa shape index (κ1) is 9.97. The smallest absolute Gasteiger partial charge is 0.0564 e. The monoisotopic (exact) mass is 222 g/mol. The summed E-state index contributed by atoms with van der Waals surface area (Å²) in [6, 6.07) is 19.0. The van der Waals surface area contributed by atoms with E-state index in [2.05, 4.69) is 47.9 Å². The van der Waals surface area contributed by atoms with Crippen molar-refractivity contribution in [1.29, 1.82) is 0 Å². The Kier molecular flexibility index (Phi) is 2.54. The molecule has 0 amide bonds. The highest BCUT2D eigenvalue weighted by molar-refractivity contribution is 5.82. The Bertz CT molecular complexity index is 612. The predicted octanol–water partition coefficient (Wildman–Crippen LogP) is 3.39. The SMILES string of the molecule is c1ccc2cc(CNn3cccc3)ccc2c1. The van der Waals surface area contributed by atoms with E-state index in [0.29, 0.717) is 0 Å². The van der Waals surface area contributed by atoms with Gasteiger partial charge in [-0.15, -0.1) is 0 Å². The van der Waals surface area contributed by atoms with Gasteiger partial charge in [-0.2, -0.15) is 0 Å². The third kappa shape index (κ3) is 2.16. The molecule has 0 saturated heterocycles. The fourth-order valence-electron chi connectivity index (χ4n) is 1.97. The molecule has 0 aliphatic carbocycles. The second kappa shape index (κ2) is 4.34. The van der Waals surface area contributed by atoms with Crippen molar-refractivity contribution < 1.29 is 0 Å². The van der Waals surface area contributed by atoms with Crippen LogP contribution in [0.2, 0.25) is 0 Å². The van der Waals surface area contributed by atoms with Crippen molar-refractivity contribution >= 4 is 10.8 Å². The summed E-state index contributed by atoms with van der Waals surface area (Å²) in [5.74, 6) is 0. The van der Waals surface area contributed by atoms with Gasteiger partial charge < -0.3 is 5.43 Å². The number of aromatic nitrogens is 1. The highest BCUT2D eigenvalue weighted by atomic mass is 15.4. The average molecular weight is 222 g/mol. The lowest BCUT2D eigenvalue weighted by atomic mass is 10.1. The Morgan fingerprint density at radius 2 is 1.59 bits per heavy atom. The lowest BCUT2D eigenvalue weighted by Gasteiger charge is -2.08. The van der Waals surface area contributed by atoms with Gasteiger partial charge in [-0.05, 0) is 34.5 Å². The molecule has 2 nitrogen and oxygen atoms in total. The van der Waals surface area contributed by atoms with Crippen molar-refractivity contribution in [3.63, 3.8) is 0 Å². The number of nitrogens with one attached hydrogen (secondary N) is 1. The van der Waals surface area contributed by atoms with Gasteiger partial charge in [0.05, 0.1) is 6.54 Å². The zero-order valence-electron chi connectivity index (χ0n) is 9.51. The second-order valence-corrected chi connectivity index (χ2v) is 4.11. The molecule has 0 fully saturated rings. The zero-order chi connectivity index (χ0) is 11.5. The maximum absolute atomic E-state index is 3.32. The summed E-state index contributed by atoms with van der Waals surface area (Å²) in [6.45, 7) is 0.833. The topological polar surface area (TPSA) is 17.0 Å². The van der Waals surface area contributed by atoms with Crippen LogP contribution in [0.5, 0.6) is 0 Å². The van der Waals surface area contributed by atoms with Crippen LogP contribution in [0.25, 0.3) is 10.8 Å². The normalized spacial score (nSPS) is 10.6. The standard InChI is InChI=1S/C15H14N2/c1-2-6-15-11-13(7-8-14(15)5-1)12-16-17-9-3-4-10-17/h1-11,16H,12H2. The van der Waals surface area contributed by atoms with E-state index in [0.717, 1.165) is 6.54 Å². The van der Waals surface area contributed by atoms with Crippen LogP contribution < -0.4 is 5.43 Å². The number of hydrogen-bond acceptors (Lipinski definition) is 1. The molecule has 2 aromatic carbocycles. The molecule has 1 N–H and O–H groups in total. The highest BCUT2D eigenvalue weighted by Gasteiger charge is 1.95. The van der Waals surface area contributed by atoms with Crippen LogP contribution in [0.4, 0.5) is 0 Å². The molecule has 17 heavy (non-hydrogen) atoms. The maximum atomic E-state index is 3.32. The van der Waals surface area contributed by atoms with Crippen LogP contribution in [0, 0.1) is 0 Å². The Labute approximate surface area is 100 Å². The molecule has 0 spiro atoms. The van der Waals surface area contributed by atoms with Gasteiger partial charge in [0, 0.05) is 12.4 Å². The third-order valence-corrected chi connectivity index (χ3v) is 2.88. The fraction of sp³-hybridized carbons (Fsp3) is 0.0667. The number of benzene rings is 2. The first-order valence-electron chi connectivity index (χ1n) is 5.76. The molecular weight excluding hydrogens is 208 g/mol. The second-order valence-electron chi connectivity index (χ2n) is 4.11. The largest absolute Gasteiger partial charge is 0.322 e. The molecule has 0 bridgehead atoms. The minimum absolute atomic E-state index is 0.833. The van der Waals surface area contributed by atoms with Gasteiger partial charge >= 0.3 is 0 Å². The lowest BCUT2D eigenvalue weighted by Crippen LogP contribution is -2.11. The van der Waals surface area contributed by atoms with Gasteiger partial charge in [0.2, 0.25) is 0 Å². The van der Waals surface area contributed by atoms with Crippen molar-refractivity contribution in [2.24, 2.45) is 0 Å². The Morgan fingerprint density at radius 1 is 0.824 bits per heavy atom. The third-order valence-electron chi connectivity index (χ3n) is 2.88. The summed E-state index contributed by atoms with van der Waals surface area (Å²) in [7, 11) is 0. The van der Waals surface area contributed by atoms with Gasteiger partial charge in [0.1, 0.15) is 0 Å². The van der Waals surface area contributed by atoms with Crippen LogP contribution in [-0.4, -0.2) is 4.68 Å². The minimum atomic E-state index is 0.833. The van der Waals surface area contributed by atoms with Crippen LogP contribution in [0.15, 0.2) is 67.0 Å². The van der Waals surface area contributed by atoms with E-state index in [4.69, 9.17) is 0 Å². The quantitative estimate of drug-likeness (QED) is 0.718. The number of hydrogen-bond donors (Lipinski definition) is 1. The molecule has 0 aliphatic rings. The lowest BCUT2D eigenvalue weighted by molar-refractivity contribution is 0.848. The van der Waals surface area contributed by atoms with E-state index in [1.807, 2.05) is 29.2 Å². The van der Waals surface area contributed by atoms with Gasteiger partial charge in [-0.25, -0.2) is 0 Å². The summed E-state index contributed by atoms with van der Waals surface area (Å²) in [5, 5.41) is 2.58. The van der Waals surface area contributed by atoms with E-state index in [1.165, 1.54) is 16.3 Å². The Hall–Kier alpha value is -2.22. The average Bonchev–Trinajstić information content (AvgIpc) is 2.89. The summed E-state index contributed by atoms with van der Waals surface area (Å²) in [5.41, 5.74) is 4.61. The number of nitrogens with zero attached hydrogens (tertiary/aromatic N) is 1. The zero-order valence-corrected chi connectivity index (χ0v) is 9.51. The molecule has 84 valence electrons. The molecule has 2 heteroatoms. The summed E-state index contributed by atoms with van der Waals surface area (Å²) in [4.78, 5) is 0. The molecule has 1 aromatic heterocycles. The van der Waals surface area contributed by atoms with Gasteiger partial charge in [-0.3, -0.25) is 4.68 Å². The van der Waals surface area contributed by atoms with Crippen LogP contribution >= 0.6 is 0 Å². The first-order chi connectivity index (χ1) is 8.42. The van der Waals surface area contributed by atoms with Crippen LogP contribution in [-0.2, 0) is 6.54 Å². The van der Waals surface area contributed by atoms with Crippen molar-refractivity contribution in [1.82, 2.24) is 4.68 Å². The molecular formula is C15H14N2. The van der Waals surface area contributed by atoms with Crippen molar-refractivity contribution in [2.45, 2.75) is 6.54 Å². The molecule has 1 heterocycles. The highest BCUT2D eigenvalue weighted by Crippen LogP contribution is 2.15. The van der Waals surface area contributed by atoms with E-state index < -0.39 is 0 Å². The molecule has 0 atom stereocenters. The molecule has 0 saturated carbocycles. The minimum Gasteiger partial charge on any atom is -0.322 e. The number of fused-ring (bicyclic) bond motifs is 1. The molecule has 3 aromatic rings. The van der Waals surface area contributed by atoms with Crippen molar-refractivity contribution in [2.75, 3.05) is 5.43 Å². The van der Waals surface area contributed by atoms with Gasteiger partial charge in [0.15, 0.2) is 0 Å². The van der Waals surface area contributed by atoms with Crippen molar-refractivity contribution in [3.8, 4) is 0 Å². The predicted molar refractivity (Wildman–Crippen MR) is 71.4 cm³/mol. The van der Waals surface area contributed by atoms with Crippen LogP contribution in [0.3, 0.4) is 0 Å².